The largest absolute Gasteiger partial charge is 0.491 e. The maximum atomic E-state index is 12.4. The number of nitrogens with one attached hydrogen (secondary N) is 1. The van der Waals surface area contributed by atoms with E-state index in [1.165, 1.54) is 0 Å². The summed E-state index contributed by atoms with van der Waals surface area (Å²) in [5.41, 5.74) is 5.98. The van der Waals surface area contributed by atoms with Gasteiger partial charge in [-0.05, 0) is 38.8 Å². The number of rotatable bonds is 4. The van der Waals surface area contributed by atoms with Crippen LogP contribution in [0.15, 0.2) is 22.7 Å². The summed E-state index contributed by atoms with van der Waals surface area (Å²) in [4.78, 5) is 12.4. The summed E-state index contributed by atoms with van der Waals surface area (Å²) in [5, 5.41) is 2.88. The number of carbonyl (C=O) groups is 1. The van der Waals surface area contributed by atoms with Gasteiger partial charge in [0, 0.05) is 29.4 Å². The SMILES string of the molecule is CC(C)Oc1cc(Br)cc(NC(=O)C2(N)CCOCC2)c1.Cl. The van der Waals surface area contributed by atoms with Crippen LogP contribution in [0.5, 0.6) is 5.75 Å². The molecule has 0 saturated carbocycles. The summed E-state index contributed by atoms with van der Waals surface area (Å²) in [6.07, 6.45) is 1.13. The molecule has 1 saturated heterocycles. The maximum Gasteiger partial charge on any atom is 0.244 e. The summed E-state index contributed by atoms with van der Waals surface area (Å²) in [6.45, 7) is 4.94. The van der Waals surface area contributed by atoms with Gasteiger partial charge in [-0.3, -0.25) is 4.79 Å². The van der Waals surface area contributed by atoms with Crippen LogP contribution in [0.4, 0.5) is 5.69 Å². The second kappa shape index (κ2) is 8.15. The van der Waals surface area contributed by atoms with Gasteiger partial charge in [-0.1, -0.05) is 15.9 Å². The number of hydrogen-bond acceptors (Lipinski definition) is 4. The van der Waals surface area contributed by atoms with Gasteiger partial charge in [0.1, 0.15) is 11.3 Å². The van der Waals surface area contributed by atoms with Crippen molar-refractivity contribution in [2.75, 3.05) is 18.5 Å². The average Bonchev–Trinajstić information content (AvgIpc) is 2.37. The Morgan fingerprint density at radius 1 is 1.36 bits per heavy atom. The topological polar surface area (TPSA) is 73.6 Å². The van der Waals surface area contributed by atoms with E-state index in [0.717, 1.165) is 4.47 Å². The van der Waals surface area contributed by atoms with E-state index >= 15 is 0 Å². The van der Waals surface area contributed by atoms with E-state index in [1.54, 1.807) is 6.07 Å². The highest BCUT2D eigenvalue weighted by Crippen LogP contribution is 2.27. The lowest BCUT2D eigenvalue weighted by Gasteiger charge is -2.31. The van der Waals surface area contributed by atoms with E-state index in [4.69, 9.17) is 15.2 Å². The number of ether oxygens (including phenoxy) is 2. The van der Waals surface area contributed by atoms with Gasteiger partial charge in [0.05, 0.1) is 6.10 Å². The first kappa shape index (κ1) is 19.2. The summed E-state index contributed by atoms with van der Waals surface area (Å²) < 4.78 is 11.8. The minimum absolute atomic E-state index is 0. The Morgan fingerprint density at radius 2 is 2.00 bits per heavy atom. The molecule has 0 aromatic heterocycles. The van der Waals surface area contributed by atoms with Crippen molar-refractivity contribution in [2.45, 2.75) is 38.3 Å². The Hall–Kier alpha value is -0.820. The summed E-state index contributed by atoms with van der Waals surface area (Å²) in [5.74, 6) is 0.520. The first-order chi connectivity index (χ1) is 9.89. The Kier molecular flexibility index (Phi) is 7.12. The van der Waals surface area contributed by atoms with Crippen LogP contribution < -0.4 is 15.8 Å². The van der Waals surface area contributed by atoms with Crippen molar-refractivity contribution in [1.82, 2.24) is 0 Å². The van der Waals surface area contributed by atoms with Gasteiger partial charge in [0.15, 0.2) is 0 Å². The highest BCUT2D eigenvalue weighted by Gasteiger charge is 2.35. The maximum absolute atomic E-state index is 12.4. The standard InChI is InChI=1S/C15H21BrN2O3.ClH/c1-10(2)21-13-8-11(16)7-12(9-13)18-14(19)15(17)3-5-20-6-4-15;/h7-10H,3-6,17H2,1-2H3,(H,18,19);1H. The number of amides is 1. The predicted octanol–water partition coefficient (Wildman–Crippen LogP) is 3.10. The zero-order valence-electron chi connectivity index (χ0n) is 12.7. The molecule has 1 aliphatic heterocycles. The van der Waals surface area contributed by atoms with Gasteiger partial charge in [-0.15, -0.1) is 12.4 Å². The predicted molar refractivity (Wildman–Crippen MR) is 92.8 cm³/mol. The Bertz CT molecular complexity index is 520. The Morgan fingerprint density at radius 3 is 2.59 bits per heavy atom. The van der Waals surface area contributed by atoms with Crippen LogP contribution in [0.25, 0.3) is 0 Å². The molecule has 3 N–H and O–H groups in total. The first-order valence-electron chi connectivity index (χ1n) is 7.04. The minimum Gasteiger partial charge on any atom is -0.491 e. The smallest absolute Gasteiger partial charge is 0.244 e. The number of benzene rings is 1. The molecular weight excluding hydrogens is 372 g/mol. The van der Waals surface area contributed by atoms with E-state index in [9.17, 15) is 4.79 Å². The molecule has 0 bridgehead atoms. The van der Waals surface area contributed by atoms with Crippen molar-refractivity contribution in [1.29, 1.82) is 0 Å². The van der Waals surface area contributed by atoms with Crippen molar-refractivity contribution >= 4 is 39.9 Å². The number of carbonyl (C=O) groups excluding carboxylic acids is 1. The second-order valence-corrected chi connectivity index (χ2v) is 6.48. The van der Waals surface area contributed by atoms with Crippen molar-refractivity contribution < 1.29 is 14.3 Å². The van der Waals surface area contributed by atoms with Gasteiger partial charge < -0.3 is 20.5 Å². The second-order valence-electron chi connectivity index (χ2n) is 5.56. The minimum atomic E-state index is -0.861. The third-order valence-corrected chi connectivity index (χ3v) is 3.80. The fraction of sp³-hybridized carbons (Fsp3) is 0.533. The van der Waals surface area contributed by atoms with Crippen LogP contribution in [0.1, 0.15) is 26.7 Å². The third kappa shape index (κ3) is 5.12. The molecule has 124 valence electrons. The Labute approximate surface area is 145 Å². The highest BCUT2D eigenvalue weighted by molar-refractivity contribution is 9.10. The van der Waals surface area contributed by atoms with Crippen LogP contribution in [0.2, 0.25) is 0 Å². The zero-order valence-corrected chi connectivity index (χ0v) is 15.1. The molecule has 7 heteroatoms. The number of nitrogens with two attached hydrogens (primary N) is 1. The summed E-state index contributed by atoms with van der Waals surface area (Å²) in [6, 6.07) is 5.49. The molecule has 0 radical (unpaired) electrons. The van der Waals surface area contributed by atoms with Crippen LogP contribution >= 0.6 is 28.3 Å². The van der Waals surface area contributed by atoms with Crippen molar-refractivity contribution in [2.24, 2.45) is 5.73 Å². The van der Waals surface area contributed by atoms with Crippen LogP contribution in [-0.2, 0) is 9.53 Å². The molecular formula is C15H22BrClN2O3. The Balaban J connectivity index is 0.00000242. The number of halogens is 2. The average molecular weight is 394 g/mol. The van der Waals surface area contributed by atoms with E-state index < -0.39 is 5.54 Å². The van der Waals surface area contributed by atoms with Gasteiger partial charge in [0.25, 0.3) is 0 Å². The normalized spacial score (nSPS) is 16.8. The highest BCUT2D eigenvalue weighted by atomic mass is 79.9. The third-order valence-electron chi connectivity index (χ3n) is 3.34. The zero-order chi connectivity index (χ0) is 15.5. The van der Waals surface area contributed by atoms with Gasteiger partial charge in [-0.2, -0.15) is 0 Å². The quantitative estimate of drug-likeness (QED) is 0.824. The molecule has 2 rings (SSSR count). The fourth-order valence-electron chi connectivity index (χ4n) is 2.19. The van der Waals surface area contributed by atoms with Crippen molar-refractivity contribution in [3.05, 3.63) is 22.7 Å². The molecule has 1 aromatic rings. The molecule has 1 amide bonds. The molecule has 0 aliphatic carbocycles. The number of hydrogen-bond donors (Lipinski definition) is 2. The van der Waals surface area contributed by atoms with Gasteiger partial charge in [0.2, 0.25) is 5.91 Å². The molecule has 0 atom stereocenters. The van der Waals surface area contributed by atoms with E-state index in [0.29, 0.717) is 37.5 Å². The van der Waals surface area contributed by atoms with Gasteiger partial charge in [-0.25, -0.2) is 0 Å². The number of anilines is 1. The van der Waals surface area contributed by atoms with E-state index in [2.05, 4.69) is 21.2 Å². The van der Waals surface area contributed by atoms with Crippen molar-refractivity contribution in [3.63, 3.8) is 0 Å². The van der Waals surface area contributed by atoms with Gasteiger partial charge >= 0.3 is 0 Å². The molecule has 1 aromatic carbocycles. The molecule has 1 aliphatic rings. The van der Waals surface area contributed by atoms with Crippen LogP contribution in [-0.4, -0.2) is 30.8 Å². The fourth-order valence-corrected chi connectivity index (χ4v) is 2.67. The van der Waals surface area contributed by atoms with Crippen molar-refractivity contribution in [3.8, 4) is 5.75 Å². The summed E-state index contributed by atoms with van der Waals surface area (Å²) in [7, 11) is 0. The summed E-state index contributed by atoms with van der Waals surface area (Å²) >= 11 is 3.42. The molecule has 0 unspecified atom stereocenters. The molecule has 0 spiro atoms. The lowest BCUT2D eigenvalue weighted by atomic mass is 9.90. The first-order valence-corrected chi connectivity index (χ1v) is 7.84. The monoisotopic (exact) mass is 392 g/mol. The molecule has 1 fully saturated rings. The lowest BCUT2D eigenvalue weighted by molar-refractivity contribution is -0.124. The van der Waals surface area contributed by atoms with E-state index in [1.807, 2.05) is 26.0 Å². The lowest BCUT2D eigenvalue weighted by Crippen LogP contribution is -2.54. The van der Waals surface area contributed by atoms with Crippen LogP contribution in [0.3, 0.4) is 0 Å². The molecule has 5 nitrogen and oxygen atoms in total. The molecule has 22 heavy (non-hydrogen) atoms. The molecule has 1 heterocycles. The van der Waals surface area contributed by atoms with Crippen LogP contribution in [0, 0.1) is 0 Å². The van der Waals surface area contributed by atoms with E-state index in [-0.39, 0.29) is 24.4 Å².